The van der Waals surface area contributed by atoms with Crippen LogP contribution < -0.4 is 10.1 Å². The molecule has 0 spiro atoms. The molecule has 0 aromatic heterocycles. The Kier molecular flexibility index (Phi) is 7.76. The molecule has 0 aliphatic heterocycles. The molecule has 0 aliphatic carbocycles. The van der Waals surface area contributed by atoms with Gasteiger partial charge >= 0.3 is 0 Å². The lowest BCUT2D eigenvalue weighted by atomic mass is 9.95. The number of nitrogens with one attached hydrogen (secondary N) is 1. The van der Waals surface area contributed by atoms with E-state index in [1.807, 2.05) is 19.1 Å². The van der Waals surface area contributed by atoms with Crippen molar-refractivity contribution < 1.29 is 9.47 Å². The van der Waals surface area contributed by atoms with E-state index in [1.165, 1.54) is 5.56 Å². The third-order valence-electron chi connectivity index (χ3n) is 3.48. The number of rotatable bonds is 9. The number of hydrogen-bond donors (Lipinski definition) is 1. The van der Waals surface area contributed by atoms with Crippen LogP contribution in [0.25, 0.3) is 0 Å². The fraction of sp³-hybridized carbons (Fsp3) is 0.667. The lowest BCUT2D eigenvalue weighted by Crippen LogP contribution is -2.39. The van der Waals surface area contributed by atoms with Gasteiger partial charge in [-0.25, -0.2) is 0 Å². The number of hydrogen-bond acceptors (Lipinski definition) is 3. The first-order valence-corrected chi connectivity index (χ1v) is 7.90. The Morgan fingerprint density at radius 3 is 2.33 bits per heavy atom. The molecule has 1 rings (SSSR count). The summed E-state index contributed by atoms with van der Waals surface area (Å²) in [6, 6.07) is 8.38. The van der Waals surface area contributed by atoms with Crippen LogP contribution in [0, 0.1) is 5.92 Å². The van der Waals surface area contributed by atoms with E-state index in [0.29, 0.717) is 5.92 Å². The molecule has 3 heteroatoms. The Labute approximate surface area is 130 Å². The Bertz CT molecular complexity index is 381. The van der Waals surface area contributed by atoms with Crippen molar-refractivity contribution in [2.75, 3.05) is 26.9 Å². The minimum Gasteiger partial charge on any atom is -0.497 e. The summed E-state index contributed by atoms with van der Waals surface area (Å²) in [4.78, 5) is 0. The van der Waals surface area contributed by atoms with Gasteiger partial charge < -0.3 is 14.8 Å². The van der Waals surface area contributed by atoms with Gasteiger partial charge in [-0.15, -0.1) is 0 Å². The SMILES string of the molecule is CCOCCC(CNC(C)(C)C)Cc1ccc(OC)cc1. The fourth-order valence-corrected chi connectivity index (χ4v) is 2.22. The van der Waals surface area contributed by atoms with Gasteiger partial charge in [-0.2, -0.15) is 0 Å². The zero-order chi connectivity index (χ0) is 15.7. The van der Waals surface area contributed by atoms with Crippen molar-refractivity contribution >= 4 is 0 Å². The fourth-order valence-electron chi connectivity index (χ4n) is 2.22. The van der Waals surface area contributed by atoms with Crippen LogP contribution >= 0.6 is 0 Å². The summed E-state index contributed by atoms with van der Waals surface area (Å²) in [6.45, 7) is 11.3. The van der Waals surface area contributed by atoms with Crippen LogP contribution in [0.2, 0.25) is 0 Å². The van der Waals surface area contributed by atoms with Crippen molar-refractivity contribution in [3.8, 4) is 5.75 Å². The molecule has 0 saturated heterocycles. The largest absolute Gasteiger partial charge is 0.497 e. The lowest BCUT2D eigenvalue weighted by Gasteiger charge is -2.25. The normalized spacial score (nSPS) is 13.2. The van der Waals surface area contributed by atoms with Crippen molar-refractivity contribution in [2.24, 2.45) is 5.92 Å². The molecule has 0 saturated carbocycles. The predicted octanol–water partition coefficient (Wildman–Crippen LogP) is 3.67. The van der Waals surface area contributed by atoms with Crippen LogP contribution in [0.15, 0.2) is 24.3 Å². The van der Waals surface area contributed by atoms with Gasteiger partial charge in [-0.05, 0) is 70.7 Å². The predicted molar refractivity (Wildman–Crippen MR) is 89.1 cm³/mol. The highest BCUT2D eigenvalue weighted by Gasteiger charge is 2.15. The molecular weight excluding hydrogens is 262 g/mol. The van der Waals surface area contributed by atoms with E-state index in [-0.39, 0.29) is 5.54 Å². The first-order valence-electron chi connectivity index (χ1n) is 7.90. The van der Waals surface area contributed by atoms with Crippen LogP contribution in [0.4, 0.5) is 0 Å². The molecule has 0 aliphatic rings. The molecule has 21 heavy (non-hydrogen) atoms. The Hall–Kier alpha value is -1.06. The molecular formula is C18H31NO2. The minimum absolute atomic E-state index is 0.157. The van der Waals surface area contributed by atoms with Gasteiger partial charge in [-0.1, -0.05) is 12.1 Å². The number of ether oxygens (including phenoxy) is 2. The summed E-state index contributed by atoms with van der Waals surface area (Å²) in [5.74, 6) is 1.50. The van der Waals surface area contributed by atoms with E-state index >= 15 is 0 Å². The van der Waals surface area contributed by atoms with E-state index in [0.717, 1.165) is 38.3 Å². The van der Waals surface area contributed by atoms with Crippen LogP contribution in [-0.2, 0) is 11.2 Å². The lowest BCUT2D eigenvalue weighted by molar-refractivity contribution is 0.130. The Balaban J connectivity index is 2.56. The Morgan fingerprint density at radius 2 is 1.81 bits per heavy atom. The molecule has 0 bridgehead atoms. The molecule has 1 aromatic carbocycles. The minimum atomic E-state index is 0.157. The summed E-state index contributed by atoms with van der Waals surface area (Å²) < 4.78 is 10.7. The van der Waals surface area contributed by atoms with E-state index in [1.54, 1.807) is 7.11 Å². The maximum atomic E-state index is 5.52. The maximum absolute atomic E-state index is 5.52. The van der Waals surface area contributed by atoms with Gasteiger partial charge in [0.05, 0.1) is 7.11 Å². The van der Waals surface area contributed by atoms with Crippen LogP contribution in [0.3, 0.4) is 0 Å². The van der Waals surface area contributed by atoms with Crippen molar-refractivity contribution in [1.29, 1.82) is 0 Å². The van der Waals surface area contributed by atoms with Gasteiger partial charge in [-0.3, -0.25) is 0 Å². The van der Waals surface area contributed by atoms with E-state index in [2.05, 4.69) is 38.2 Å². The average molecular weight is 293 g/mol. The van der Waals surface area contributed by atoms with Crippen LogP contribution in [-0.4, -0.2) is 32.4 Å². The van der Waals surface area contributed by atoms with E-state index < -0.39 is 0 Å². The number of methoxy groups -OCH3 is 1. The molecule has 0 radical (unpaired) electrons. The van der Waals surface area contributed by atoms with Gasteiger partial charge in [0.1, 0.15) is 5.75 Å². The molecule has 1 N–H and O–H groups in total. The summed E-state index contributed by atoms with van der Waals surface area (Å²) in [6.07, 6.45) is 2.16. The van der Waals surface area contributed by atoms with E-state index in [4.69, 9.17) is 9.47 Å². The molecule has 0 fully saturated rings. The van der Waals surface area contributed by atoms with Crippen molar-refractivity contribution in [3.05, 3.63) is 29.8 Å². The van der Waals surface area contributed by atoms with Gasteiger partial charge in [0.2, 0.25) is 0 Å². The zero-order valence-electron chi connectivity index (χ0n) is 14.2. The quantitative estimate of drug-likeness (QED) is 0.705. The highest BCUT2D eigenvalue weighted by Crippen LogP contribution is 2.17. The van der Waals surface area contributed by atoms with Crippen molar-refractivity contribution in [3.63, 3.8) is 0 Å². The highest BCUT2D eigenvalue weighted by molar-refractivity contribution is 5.27. The summed E-state index contributed by atoms with van der Waals surface area (Å²) in [5.41, 5.74) is 1.51. The van der Waals surface area contributed by atoms with Crippen molar-refractivity contribution in [1.82, 2.24) is 5.32 Å². The number of benzene rings is 1. The van der Waals surface area contributed by atoms with Gasteiger partial charge in [0.15, 0.2) is 0 Å². The molecule has 1 aromatic rings. The second kappa shape index (κ2) is 9.06. The molecule has 0 amide bonds. The first-order chi connectivity index (χ1) is 9.94. The highest BCUT2D eigenvalue weighted by atomic mass is 16.5. The Morgan fingerprint density at radius 1 is 1.14 bits per heavy atom. The van der Waals surface area contributed by atoms with Crippen LogP contribution in [0.5, 0.6) is 5.75 Å². The van der Waals surface area contributed by atoms with Crippen LogP contribution in [0.1, 0.15) is 39.7 Å². The van der Waals surface area contributed by atoms with E-state index in [9.17, 15) is 0 Å². The first kappa shape index (κ1) is 18.0. The second-order valence-electron chi connectivity index (χ2n) is 6.53. The summed E-state index contributed by atoms with van der Waals surface area (Å²) in [7, 11) is 1.70. The third kappa shape index (κ3) is 8.08. The molecule has 3 nitrogen and oxygen atoms in total. The summed E-state index contributed by atoms with van der Waals surface area (Å²) in [5, 5.41) is 3.61. The standard InChI is InChI=1S/C18H31NO2/c1-6-21-12-11-16(14-19-18(2,3)4)13-15-7-9-17(20-5)10-8-15/h7-10,16,19H,6,11-14H2,1-5H3. The van der Waals surface area contributed by atoms with Gasteiger partial charge in [0.25, 0.3) is 0 Å². The second-order valence-corrected chi connectivity index (χ2v) is 6.53. The average Bonchev–Trinajstić information content (AvgIpc) is 2.45. The topological polar surface area (TPSA) is 30.5 Å². The smallest absolute Gasteiger partial charge is 0.118 e. The molecule has 0 heterocycles. The summed E-state index contributed by atoms with van der Waals surface area (Å²) >= 11 is 0. The molecule has 120 valence electrons. The zero-order valence-corrected chi connectivity index (χ0v) is 14.2. The molecule has 1 atom stereocenters. The monoisotopic (exact) mass is 293 g/mol. The van der Waals surface area contributed by atoms with Gasteiger partial charge in [0, 0.05) is 18.8 Å². The third-order valence-corrected chi connectivity index (χ3v) is 3.48. The maximum Gasteiger partial charge on any atom is 0.118 e. The van der Waals surface area contributed by atoms with Crippen molar-refractivity contribution in [2.45, 2.75) is 46.1 Å². The molecule has 1 unspecified atom stereocenters.